The van der Waals surface area contributed by atoms with E-state index in [1.165, 1.54) is 16.0 Å². The molecule has 2 aromatic rings. The number of aryl methyl sites for hydroxylation is 1. The minimum Gasteiger partial charge on any atom is -0.357 e. The molecule has 0 unspecified atom stereocenters. The molecule has 0 fully saturated rings. The molecule has 5 nitrogen and oxygen atoms in total. The van der Waals surface area contributed by atoms with Gasteiger partial charge in [0.25, 0.3) is 0 Å². The molecule has 0 spiro atoms. The van der Waals surface area contributed by atoms with E-state index in [4.69, 9.17) is 0 Å². The first-order valence-corrected chi connectivity index (χ1v) is 10.3. The average Bonchev–Trinajstić information content (AvgIpc) is 3.14. The van der Waals surface area contributed by atoms with Crippen molar-refractivity contribution in [2.24, 2.45) is 4.99 Å². The molecule has 0 amide bonds. The summed E-state index contributed by atoms with van der Waals surface area (Å²) in [4.78, 5) is 12.9. The van der Waals surface area contributed by atoms with E-state index < -0.39 is 0 Å². The van der Waals surface area contributed by atoms with Crippen LogP contribution in [0.1, 0.15) is 34.9 Å². The highest BCUT2D eigenvalue weighted by atomic mass is 32.1. The molecule has 1 aliphatic heterocycles. The lowest BCUT2D eigenvalue weighted by molar-refractivity contribution is 0.258. The highest BCUT2D eigenvalue weighted by Gasteiger charge is 2.15. The van der Waals surface area contributed by atoms with Crippen LogP contribution >= 0.6 is 11.3 Å². The summed E-state index contributed by atoms with van der Waals surface area (Å²) in [5.74, 6) is 0.873. The van der Waals surface area contributed by atoms with E-state index in [2.05, 4.69) is 63.6 Å². The average molecular weight is 372 g/mol. The third-order valence-corrected chi connectivity index (χ3v) is 5.72. The molecule has 0 bridgehead atoms. The number of nitrogens with one attached hydrogen (secondary N) is 2. The smallest absolute Gasteiger partial charge is 0.191 e. The Balaban J connectivity index is 1.47. The number of nitrogens with zero attached hydrogens (tertiary/aromatic N) is 3. The Morgan fingerprint density at radius 3 is 2.85 bits per heavy atom. The quantitative estimate of drug-likeness (QED) is 0.580. The van der Waals surface area contributed by atoms with Crippen molar-refractivity contribution in [1.82, 2.24) is 20.5 Å². The van der Waals surface area contributed by atoms with E-state index in [0.717, 1.165) is 56.5 Å². The van der Waals surface area contributed by atoms with Gasteiger partial charge in [-0.3, -0.25) is 4.90 Å². The lowest BCUT2D eigenvalue weighted by atomic mass is 10.00. The van der Waals surface area contributed by atoms with Crippen LogP contribution in [0.3, 0.4) is 0 Å². The fraction of sp³-hybridized carbons (Fsp3) is 0.500. The molecule has 26 heavy (non-hydrogen) atoms. The zero-order valence-electron chi connectivity index (χ0n) is 15.8. The van der Waals surface area contributed by atoms with Crippen LogP contribution in [0.25, 0.3) is 0 Å². The summed E-state index contributed by atoms with van der Waals surface area (Å²) in [5.41, 5.74) is 2.97. The molecule has 1 aliphatic rings. The number of guanidine groups is 1. The molecular weight excluding hydrogens is 342 g/mol. The molecule has 0 saturated carbocycles. The molecule has 0 saturated heterocycles. The molecule has 1 aromatic carbocycles. The number of hydrogen-bond donors (Lipinski definition) is 2. The second-order valence-corrected chi connectivity index (χ2v) is 7.69. The van der Waals surface area contributed by atoms with Gasteiger partial charge in [0.2, 0.25) is 0 Å². The third kappa shape index (κ3) is 5.29. The third-order valence-electron chi connectivity index (χ3n) is 4.60. The van der Waals surface area contributed by atoms with E-state index in [1.807, 2.05) is 6.20 Å². The van der Waals surface area contributed by atoms with Gasteiger partial charge in [-0.1, -0.05) is 31.2 Å². The predicted octanol–water partition coefficient (Wildman–Crippen LogP) is 2.82. The lowest BCUT2D eigenvalue weighted by Gasteiger charge is -2.28. The zero-order chi connectivity index (χ0) is 18.2. The van der Waals surface area contributed by atoms with Crippen LogP contribution in [0.15, 0.2) is 35.5 Å². The zero-order valence-corrected chi connectivity index (χ0v) is 16.6. The maximum atomic E-state index is 4.67. The van der Waals surface area contributed by atoms with Crippen molar-refractivity contribution in [2.75, 3.05) is 26.2 Å². The molecule has 6 heteroatoms. The number of benzene rings is 1. The Morgan fingerprint density at radius 2 is 2.08 bits per heavy atom. The second-order valence-electron chi connectivity index (χ2n) is 6.49. The summed E-state index contributed by atoms with van der Waals surface area (Å²) in [6, 6.07) is 8.78. The fourth-order valence-electron chi connectivity index (χ4n) is 3.15. The minimum atomic E-state index is 0.636. The molecule has 2 N–H and O–H groups in total. The van der Waals surface area contributed by atoms with Crippen molar-refractivity contribution in [2.45, 2.75) is 39.8 Å². The van der Waals surface area contributed by atoms with Crippen LogP contribution < -0.4 is 10.6 Å². The maximum Gasteiger partial charge on any atom is 0.191 e. The normalized spacial score (nSPS) is 14.9. The lowest BCUT2D eigenvalue weighted by Crippen LogP contribution is -2.42. The molecule has 0 atom stereocenters. The summed E-state index contributed by atoms with van der Waals surface area (Å²) in [6.45, 7) is 9.85. The Bertz CT molecular complexity index is 724. The Labute approximate surface area is 160 Å². The topological polar surface area (TPSA) is 52.6 Å². The van der Waals surface area contributed by atoms with Crippen molar-refractivity contribution >= 4 is 17.3 Å². The molecule has 3 rings (SSSR count). The van der Waals surface area contributed by atoms with Gasteiger partial charge in [0.1, 0.15) is 5.01 Å². The molecule has 0 radical (unpaired) electrons. The van der Waals surface area contributed by atoms with E-state index in [-0.39, 0.29) is 0 Å². The van der Waals surface area contributed by atoms with Crippen molar-refractivity contribution in [3.05, 3.63) is 51.5 Å². The van der Waals surface area contributed by atoms with Gasteiger partial charge in [-0.2, -0.15) is 0 Å². The van der Waals surface area contributed by atoms with Gasteiger partial charge in [0.15, 0.2) is 5.96 Å². The van der Waals surface area contributed by atoms with Gasteiger partial charge in [-0.15, -0.1) is 11.3 Å². The first-order valence-electron chi connectivity index (χ1n) is 9.53. The minimum absolute atomic E-state index is 0.636. The van der Waals surface area contributed by atoms with Crippen LogP contribution in [0.5, 0.6) is 0 Å². The largest absolute Gasteiger partial charge is 0.357 e. The second kappa shape index (κ2) is 9.69. The van der Waals surface area contributed by atoms with Crippen molar-refractivity contribution in [3.8, 4) is 0 Å². The van der Waals surface area contributed by atoms with Gasteiger partial charge < -0.3 is 10.6 Å². The van der Waals surface area contributed by atoms with Crippen molar-refractivity contribution in [1.29, 1.82) is 0 Å². The van der Waals surface area contributed by atoms with Gasteiger partial charge in [-0.05, 0) is 30.9 Å². The number of aliphatic imine (C=N–C) groups is 1. The highest BCUT2D eigenvalue weighted by molar-refractivity contribution is 7.11. The van der Waals surface area contributed by atoms with E-state index >= 15 is 0 Å². The molecular formula is C20H29N5S. The van der Waals surface area contributed by atoms with Crippen LogP contribution in [-0.2, 0) is 25.9 Å². The van der Waals surface area contributed by atoms with Gasteiger partial charge in [0.05, 0.1) is 6.54 Å². The van der Waals surface area contributed by atoms with Crippen LogP contribution in [0.4, 0.5) is 0 Å². The number of fused-ring (bicyclic) bond motifs is 1. The Hall–Kier alpha value is -1.92. The number of aromatic nitrogens is 1. The van der Waals surface area contributed by atoms with E-state index in [0.29, 0.717) is 6.54 Å². The summed E-state index contributed by atoms with van der Waals surface area (Å²) in [6.07, 6.45) is 4.15. The van der Waals surface area contributed by atoms with Gasteiger partial charge in [0, 0.05) is 43.8 Å². The van der Waals surface area contributed by atoms with Gasteiger partial charge >= 0.3 is 0 Å². The fourth-order valence-corrected chi connectivity index (χ4v) is 3.94. The summed E-state index contributed by atoms with van der Waals surface area (Å²) >= 11 is 1.75. The monoisotopic (exact) mass is 371 g/mol. The molecule has 140 valence electrons. The highest BCUT2D eigenvalue weighted by Crippen LogP contribution is 2.17. The Kier molecular flexibility index (Phi) is 7.03. The van der Waals surface area contributed by atoms with Crippen LogP contribution in [-0.4, -0.2) is 42.0 Å². The summed E-state index contributed by atoms with van der Waals surface area (Å²) in [5, 5.41) is 7.86. The van der Waals surface area contributed by atoms with Crippen LogP contribution in [0, 0.1) is 0 Å². The van der Waals surface area contributed by atoms with Crippen LogP contribution in [0.2, 0.25) is 0 Å². The summed E-state index contributed by atoms with van der Waals surface area (Å²) in [7, 11) is 0. The SMILES string of the molecule is CCNC(=NCc1ncc(CC)s1)NCCN1CCc2ccccc2C1. The van der Waals surface area contributed by atoms with E-state index in [1.54, 1.807) is 11.3 Å². The van der Waals surface area contributed by atoms with Crippen molar-refractivity contribution in [3.63, 3.8) is 0 Å². The molecule has 0 aliphatic carbocycles. The number of hydrogen-bond acceptors (Lipinski definition) is 4. The number of thiazole rings is 1. The molecule has 1 aromatic heterocycles. The first kappa shape index (κ1) is 18.9. The first-order chi connectivity index (χ1) is 12.8. The van der Waals surface area contributed by atoms with E-state index in [9.17, 15) is 0 Å². The Morgan fingerprint density at radius 1 is 1.23 bits per heavy atom. The standard InChI is InChI=1S/C20H29N5S/c1-3-18-13-23-19(26-18)14-24-20(21-4-2)22-10-12-25-11-9-16-7-5-6-8-17(16)15-25/h5-8,13H,3-4,9-12,14-15H2,1-2H3,(H2,21,22,24). The number of rotatable bonds is 7. The summed E-state index contributed by atoms with van der Waals surface area (Å²) < 4.78 is 0. The predicted molar refractivity (Wildman–Crippen MR) is 110 cm³/mol. The van der Waals surface area contributed by atoms with Gasteiger partial charge in [-0.25, -0.2) is 9.98 Å². The molecule has 2 heterocycles. The maximum absolute atomic E-state index is 4.67. The van der Waals surface area contributed by atoms with Crippen molar-refractivity contribution < 1.29 is 0 Å².